The Hall–Kier alpha value is -1.64. The number of nitrogens with two attached hydrogens (primary N) is 1. The van der Waals surface area contributed by atoms with Crippen molar-refractivity contribution in [3.05, 3.63) is 33.2 Å². The van der Waals surface area contributed by atoms with Crippen molar-refractivity contribution >= 4 is 46.3 Å². The summed E-state index contributed by atoms with van der Waals surface area (Å²) < 4.78 is 27.8. The van der Waals surface area contributed by atoms with Crippen LogP contribution < -0.4 is 16.0 Å². The van der Waals surface area contributed by atoms with Gasteiger partial charge in [0.25, 0.3) is 17.1 Å². The number of carbonyl (C=O) groups is 2. The Labute approximate surface area is 165 Å². The van der Waals surface area contributed by atoms with Crippen LogP contribution in [0.5, 0.6) is 0 Å². The molecule has 0 radical (unpaired) electrons. The van der Waals surface area contributed by atoms with E-state index in [4.69, 9.17) is 17.3 Å². The maximum absolute atomic E-state index is 13.9. The summed E-state index contributed by atoms with van der Waals surface area (Å²) in [5.74, 6) is -3.34. The summed E-state index contributed by atoms with van der Waals surface area (Å²) in [6.07, 6.45) is 3.36. The summed E-state index contributed by atoms with van der Waals surface area (Å²) in [7, 11) is 0. The Kier molecular flexibility index (Phi) is 5.79. The van der Waals surface area contributed by atoms with Crippen molar-refractivity contribution in [3.63, 3.8) is 0 Å². The number of halogens is 3. The fourth-order valence-electron chi connectivity index (χ4n) is 3.34. The average Bonchev–Trinajstić information content (AvgIpc) is 2.91. The third-order valence-electron chi connectivity index (χ3n) is 4.70. The predicted octanol–water partition coefficient (Wildman–Crippen LogP) is 3.95. The molecule has 2 heterocycles. The van der Waals surface area contributed by atoms with Gasteiger partial charge in [0.1, 0.15) is 0 Å². The molecule has 2 aliphatic rings. The number of thioether (sulfide) groups is 1. The van der Waals surface area contributed by atoms with Crippen molar-refractivity contribution in [2.24, 2.45) is 11.7 Å². The largest absolute Gasteiger partial charge is 0.370 e. The Bertz CT molecular complexity index is 811. The monoisotopic (exact) mass is 415 g/mol. The molecule has 0 aromatic heterocycles. The van der Waals surface area contributed by atoms with Gasteiger partial charge in [0.15, 0.2) is 0 Å². The van der Waals surface area contributed by atoms with Gasteiger partial charge in [-0.2, -0.15) is 0 Å². The topological polar surface area (TPSA) is 75.4 Å². The maximum Gasteiger partial charge on any atom is 0.290 e. The zero-order valence-corrected chi connectivity index (χ0v) is 16.3. The summed E-state index contributed by atoms with van der Waals surface area (Å²) in [5.41, 5.74) is 6.54. The highest BCUT2D eigenvalue weighted by atomic mass is 35.5. The van der Waals surface area contributed by atoms with Crippen LogP contribution in [-0.2, 0) is 10.7 Å². The molecule has 1 aromatic rings. The first kappa shape index (κ1) is 20.1. The molecule has 2 saturated heterocycles. The molecule has 9 heteroatoms. The van der Waals surface area contributed by atoms with Crippen LogP contribution in [-0.4, -0.2) is 30.8 Å². The Morgan fingerprint density at radius 2 is 2.19 bits per heavy atom. The van der Waals surface area contributed by atoms with Crippen LogP contribution >= 0.6 is 23.4 Å². The van der Waals surface area contributed by atoms with Gasteiger partial charge in [-0.3, -0.25) is 14.9 Å². The molecule has 1 aromatic carbocycles. The van der Waals surface area contributed by atoms with E-state index in [1.165, 1.54) is 18.2 Å². The van der Waals surface area contributed by atoms with Crippen LogP contribution in [0.25, 0.3) is 6.08 Å². The number of imide groups is 1. The molecule has 1 atom stereocenters. The lowest BCUT2D eigenvalue weighted by molar-refractivity contribution is -0.115. The summed E-state index contributed by atoms with van der Waals surface area (Å²) in [4.78, 5) is 25.5. The normalized spacial score (nSPS) is 22.5. The van der Waals surface area contributed by atoms with Crippen molar-refractivity contribution < 1.29 is 18.4 Å². The quantitative estimate of drug-likeness (QED) is 0.728. The number of hydrogen-bond donors (Lipinski definition) is 2. The number of nitrogens with zero attached hydrogens (tertiary/aromatic N) is 1. The van der Waals surface area contributed by atoms with Gasteiger partial charge in [-0.15, -0.1) is 0 Å². The van der Waals surface area contributed by atoms with E-state index >= 15 is 0 Å². The molecule has 0 aliphatic carbocycles. The van der Waals surface area contributed by atoms with Crippen molar-refractivity contribution in [1.82, 2.24) is 5.32 Å². The minimum absolute atomic E-state index is 0.154. The van der Waals surface area contributed by atoms with Gasteiger partial charge in [0.2, 0.25) is 0 Å². The molecule has 0 bridgehead atoms. The lowest BCUT2D eigenvalue weighted by Crippen LogP contribution is -2.39. The van der Waals surface area contributed by atoms with Crippen LogP contribution in [0.2, 0.25) is 5.02 Å². The van der Waals surface area contributed by atoms with E-state index in [0.717, 1.165) is 31.5 Å². The second-order valence-electron chi connectivity index (χ2n) is 6.83. The van der Waals surface area contributed by atoms with Gasteiger partial charge in [-0.05, 0) is 55.3 Å². The van der Waals surface area contributed by atoms with Gasteiger partial charge >= 0.3 is 0 Å². The Balaban J connectivity index is 2.10. The van der Waals surface area contributed by atoms with E-state index in [1.54, 1.807) is 0 Å². The molecular weight excluding hydrogens is 396 g/mol. The van der Waals surface area contributed by atoms with Gasteiger partial charge in [0.05, 0.1) is 15.6 Å². The molecule has 2 aliphatic heterocycles. The second-order valence-corrected chi connectivity index (χ2v) is 8.25. The predicted molar refractivity (Wildman–Crippen MR) is 104 cm³/mol. The number of amides is 2. The average molecular weight is 416 g/mol. The van der Waals surface area contributed by atoms with Gasteiger partial charge in [-0.1, -0.05) is 11.6 Å². The summed E-state index contributed by atoms with van der Waals surface area (Å²) in [6.45, 7) is 2.70. The van der Waals surface area contributed by atoms with Crippen molar-refractivity contribution in [2.75, 3.05) is 24.5 Å². The third kappa shape index (κ3) is 4.44. The fourth-order valence-corrected chi connectivity index (χ4v) is 4.36. The van der Waals surface area contributed by atoms with Gasteiger partial charge in [-0.25, -0.2) is 8.78 Å². The van der Waals surface area contributed by atoms with Crippen molar-refractivity contribution in [2.45, 2.75) is 25.7 Å². The zero-order valence-electron chi connectivity index (χ0n) is 14.7. The minimum atomic E-state index is -3.09. The molecule has 3 rings (SSSR count). The summed E-state index contributed by atoms with van der Waals surface area (Å²) in [5, 5.41) is 1.87. The standard InChI is InChI=1S/C18H20ClF2N3O2S/c1-18(20,21)12-5-11(6-14-16(25)23-17(26)27-14)15(13(19)7-12)24-4-2-3-10(8-22)9-24/h5-7,10H,2-4,8-9,22H2,1H3,(H,23,25,26). The first-order valence-corrected chi connectivity index (χ1v) is 9.80. The maximum atomic E-state index is 13.9. The SMILES string of the molecule is CC(F)(F)c1cc(Cl)c(N2CCCC(CN)C2)c(C=C2SC(=O)NC2=O)c1. The molecule has 146 valence electrons. The van der Waals surface area contributed by atoms with Crippen LogP contribution in [0.15, 0.2) is 17.0 Å². The number of hydrogen-bond acceptors (Lipinski definition) is 5. The van der Waals surface area contributed by atoms with Crippen LogP contribution in [0.1, 0.15) is 30.9 Å². The second kappa shape index (κ2) is 7.77. The Morgan fingerprint density at radius 1 is 1.44 bits per heavy atom. The number of alkyl halides is 2. The van der Waals surface area contributed by atoms with E-state index in [2.05, 4.69) is 5.32 Å². The van der Waals surface area contributed by atoms with E-state index in [0.29, 0.717) is 30.9 Å². The van der Waals surface area contributed by atoms with E-state index in [9.17, 15) is 18.4 Å². The molecule has 3 N–H and O–H groups in total. The first-order chi connectivity index (χ1) is 12.7. The van der Waals surface area contributed by atoms with Gasteiger partial charge in [0, 0.05) is 31.1 Å². The molecule has 0 spiro atoms. The lowest BCUT2D eigenvalue weighted by atomic mass is 9.96. The van der Waals surface area contributed by atoms with Crippen LogP contribution in [0.3, 0.4) is 0 Å². The highest BCUT2D eigenvalue weighted by Crippen LogP contribution is 2.40. The molecule has 5 nitrogen and oxygen atoms in total. The number of anilines is 1. The number of rotatable bonds is 4. The smallest absolute Gasteiger partial charge is 0.290 e. The number of piperidine rings is 1. The molecular formula is C18H20ClF2N3O2S. The highest BCUT2D eigenvalue weighted by molar-refractivity contribution is 8.18. The van der Waals surface area contributed by atoms with Gasteiger partial charge < -0.3 is 10.6 Å². The zero-order chi connectivity index (χ0) is 19.8. The Morgan fingerprint density at radius 3 is 2.78 bits per heavy atom. The minimum Gasteiger partial charge on any atom is -0.370 e. The third-order valence-corrected chi connectivity index (χ3v) is 5.80. The number of nitrogens with one attached hydrogen (secondary N) is 1. The molecule has 27 heavy (non-hydrogen) atoms. The summed E-state index contributed by atoms with van der Waals surface area (Å²) in [6, 6.07) is 2.59. The number of benzene rings is 1. The molecule has 2 amide bonds. The number of carbonyl (C=O) groups excluding carboxylic acids is 2. The van der Waals surface area contributed by atoms with Crippen molar-refractivity contribution in [1.29, 1.82) is 0 Å². The molecule has 2 fully saturated rings. The fraction of sp³-hybridized carbons (Fsp3) is 0.444. The van der Waals surface area contributed by atoms with E-state index < -0.39 is 17.1 Å². The van der Waals surface area contributed by atoms with Crippen LogP contribution in [0, 0.1) is 5.92 Å². The summed E-state index contributed by atoms with van der Waals surface area (Å²) >= 11 is 7.15. The van der Waals surface area contributed by atoms with E-state index in [-0.39, 0.29) is 21.4 Å². The lowest BCUT2D eigenvalue weighted by Gasteiger charge is -2.35. The van der Waals surface area contributed by atoms with Crippen molar-refractivity contribution in [3.8, 4) is 0 Å². The molecule has 1 unspecified atom stereocenters. The first-order valence-electron chi connectivity index (χ1n) is 8.60. The molecule has 0 saturated carbocycles. The van der Waals surface area contributed by atoms with Crippen LogP contribution in [0.4, 0.5) is 19.3 Å². The highest BCUT2D eigenvalue weighted by Gasteiger charge is 2.31. The van der Waals surface area contributed by atoms with E-state index in [1.807, 2.05) is 4.90 Å².